The molecular formula is C20H19NO5. The predicted molar refractivity (Wildman–Crippen MR) is 95.2 cm³/mol. The predicted octanol–water partition coefficient (Wildman–Crippen LogP) is 2.47. The number of Topliss-reactive ketones (excluding diaryl/α,β-unsaturated/α-hetero) is 1. The summed E-state index contributed by atoms with van der Waals surface area (Å²) in [6.07, 6.45) is 0.0878. The normalized spacial score (nSPS) is 16.4. The molecule has 6 nitrogen and oxygen atoms in total. The van der Waals surface area contributed by atoms with Crippen LogP contribution < -0.4 is 9.64 Å². The number of methoxy groups -OCH3 is 1. The number of anilines is 1. The molecule has 3 rings (SSSR count). The first kappa shape index (κ1) is 17.7. The summed E-state index contributed by atoms with van der Waals surface area (Å²) in [5.41, 5.74) is 1.19. The lowest BCUT2D eigenvalue weighted by atomic mass is 10.1. The Kier molecular flexibility index (Phi) is 5.31. The number of benzene rings is 2. The Morgan fingerprint density at radius 2 is 1.77 bits per heavy atom. The Bertz CT molecular complexity index is 801. The van der Waals surface area contributed by atoms with E-state index in [2.05, 4.69) is 0 Å². The molecule has 0 bridgehead atoms. The molecule has 1 fully saturated rings. The van der Waals surface area contributed by atoms with Crippen LogP contribution in [0.3, 0.4) is 0 Å². The van der Waals surface area contributed by atoms with E-state index in [0.717, 1.165) is 5.69 Å². The van der Waals surface area contributed by atoms with Crippen molar-refractivity contribution in [3.63, 3.8) is 0 Å². The monoisotopic (exact) mass is 353 g/mol. The van der Waals surface area contributed by atoms with Crippen molar-refractivity contribution in [1.82, 2.24) is 0 Å². The average molecular weight is 353 g/mol. The van der Waals surface area contributed by atoms with E-state index in [4.69, 9.17) is 9.47 Å². The van der Waals surface area contributed by atoms with Gasteiger partial charge in [-0.2, -0.15) is 0 Å². The molecular weight excluding hydrogens is 334 g/mol. The van der Waals surface area contributed by atoms with Crippen LogP contribution in [0.15, 0.2) is 54.6 Å². The zero-order valence-corrected chi connectivity index (χ0v) is 14.4. The SMILES string of the molecule is COc1ccc(C(=O)COC(=O)[C@H]2CC(=O)N(c3ccccc3)C2)cc1. The second-order valence-electron chi connectivity index (χ2n) is 6.00. The Hall–Kier alpha value is -3.15. The van der Waals surface area contributed by atoms with E-state index in [9.17, 15) is 14.4 Å². The van der Waals surface area contributed by atoms with Crippen molar-refractivity contribution in [2.75, 3.05) is 25.2 Å². The quantitative estimate of drug-likeness (QED) is 0.589. The molecule has 1 saturated heterocycles. The van der Waals surface area contributed by atoms with E-state index in [1.807, 2.05) is 30.3 Å². The largest absolute Gasteiger partial charge is 0.497 e. The summed E-state index contributed by atoms with van der Waals surface area (Å²) in [7, 11) is 1.54. The van der Waals surface area contributed by atoms with Crippen molar-refractivity contribution >= 4 is 23.3 Å². The van der Waals surface area contributed by atoms with E-state index in [1.165, 1.54) is 0 Å². The highest BCUT2D eigenvalue weighted by atomic mass is 16.5. The maximum absolute atomic E-state index is 12.2. The lowest BCUT2D eigenvalue weighted by Crippen LogP contribution is -2.27. The molecule has 1 amide bonds. The van der Waals surface area contributed by atoms with Crippen LogP contribution in [0.5, 0.6) is 5.75 Å². The number of carbonyl (C=O) groups is 3. The summed E-state index contributed by atoms with van der Waals surface area (Å²) in [5.74, 6) is -0.876. The number of rotatable bonds is 6. The number of hydrogen-bond acceptors (Lipinski definition) is 5. The van der Waals surface area contributed by atoms with Crippen LogP contribution in [-0.2, 0) is 14.3 Å². The molecule has 1 heterocycles. The van der Waals surface area contributed by atoms with Crippen molar-refractivity contribution < 1.29 is 23.9 Å². The van der Waals surface area contributed by atoms with Crippen LogP contribution in [0, 0.1) is 5.92 Å². The molecule has 0 aliphatic carbocycles. The topological polar surface area (TPSA) is 72.9 Å². The Morgan fingerprint density at radius 1 is 1.08 bits per heavy atom. The molecule has 26 heavy (non-hydrogen) atoms. The van der Waals surface area contributed by atoms with Gasteiger partial charge in [0.05, 0.1) is 13.0 Å². The third-order valence-electron chi connectivity index (χ3n) is 4.28. The molecule has 1 aliphatic rings. The van der Waals surface area contributed by atoms with Crippen molar-refractivity contribution in [1.29, 1.82) is 0 Å². The summed E-state index contributed by atoms with van der Waals surface area (Å²) in [5, 5.41) is 0. The van der Waals surface area contributed by atoms with Crippen LogP contribution in [0.2, 0.25) is 0 Å². The number of hydrogen-bond donors (Lipinski definition) is 0. The Labute approximate surface area is 151 Å². The number of carbonyl (C=O) groups excluding carboxylic acids is 3. The first-order valence-corrected chi connectivity index (χ1v) is 8.28. The number of ether oxygens (including phenoxy) is 2. The fourth-order valence-electron chi connectivity index (χ4n) is 2.84. The van der Waals surface area contributed by atoms with E-state index in [0.29, 0.717) is 11.3 Å². The first-order chi connectivity index (χ1) is 12.6. The van der Waals surface area contributed by atoms with Crippen LogP contribution in [0.4, 0.5) is 5.69 Å². The average Bonchev–Trinajstić information content (AvgIpc) is 3.08. The molecule has 0 spiro atoms. The van der Waals surface area contributed by atoms with Gasteiger partial charge in [-0.15, -0.1) is 0 Å². The second kappa shape index (κ2) is 7.82. The number of amides is 1. The lowest BCUT2D eigenvalue weighted by Gasteiger charge is -2.16. The van der Waals surface area contributed by atoms with Crippen molar-refractivity contribution in [2.24, 2.45) is 5.92 Å². The van der Waals surface area contributed by atoms with Crippen molar-refractivity contribution in [3.05, 3.63) is 60.2 Å². The van der Waals surface area contributed by atoms with Crippen LogP contribution in [0.1, 0.15) is 16.8 Å². The molecule has 1 atom stereocenters. The molecule has 0 aromatic heterocycles. The molecule has 134 valence electrons. The lowest BCUT2D eigenvalue weighted by molar-refractivity contribution is -0.147. The summed E-state index contributed by atoms with van der Waals surface area (Å²) in [4.78, 5) is 38.1. The van der Waals surface area contributed by atoms with Gasteiger partial charge in [0.25, 0.3) is 0 Å². The zero-order valence-electron chi connectivity index (χ0n) is 14.4. The highest BCUT2D eigenvalue weighted by Crippen LogP contribution is 2.25. The molecule has 0 saturated carbocycles. The van der Waals surface area contributed by atoms with Gasteiger partial charge in [0.15, 0.2) is 12.4 Å². The molecule has 0 radical (unpaired) electrons. The van der Waals surface area contributed by atoms with Gasteiger partial charge in [-0.1, -0.05) is 18.2 Å². The summed E-state index contributed by atoms with van der Waals surface area (Å²) >= 11 is 0. The van der Waals surface area contributed by atoms with E-state index < -0.39 is 11.9 Å². The van der Waals surface area contributed by atoms with Gasteiger partial charge in [0, 0.05) is 24.2 Å². The van der Waals surface area contributed by atoms with Gasteiger partial charge in [0.2, 0.25) is 5.91 Å². The van der Waals surface area contributed by atoms with Crippen LogP contribution in [-0.4, -0.2) is 37.9 Å². The Balaban J connectivity index is 1.55. The molecule has 0 N–H and O–H groups in total. The number of ketones is 1. The summed E-state index contributed by atoms with van der Waals surface area (Å²) in [6, 6.07) is 15.7. The number of nitrogens with zero attached hydrogens (tertiary/aromatic N) is 1. The standard InChI is InChI=1S/C20H19NO5/c1-25-17-9-7-14(8-10-17)18(22)13-26-20(24)15-11-19(23)21(12-15)16-5-3-2-4-6-16/h2-10,15H,11-13H2,1H3/t15-/m0/s1. The molecule has 1 aliphatic heterocycles. The number of esters is 1. The molecule has 6 heteroatoms. The minimum absolute atomic E-state index is 0.0878. The van der Waals surface area contributed by atoms with Crippen LogP contribution >= 0.6 is 0 Å². The van der Waals surface area contributed by atoms with Gasteiger partial charge < -0.3 is 14.4 Å². The van der Waals surface area contributed by atoms with Gasteiger partial charge >= 0.3 is 5.97 Å². The highest BCUT2D eigenvalue weighted by Gasteiger charge is 2.36. The van der Waals surface area contributed by atoms with Gasteiger partial charge in [-0.05, 0) is 36.4 Å². The smallest absolute Gasteiger partial charge is 0.311 e. The maximum Gasteiger partial charge on any atom is 0.311 e. The minimum atomic E-state index is -0.564. The summed E-state index contributed by atoms with van der Waals surface area (Å²) < 4.78 is 10.2. The van der Waals surface area contributed by atoms with E-state index in [1.54, 1.807) is 36.3 Å². The zero-order chi connectivity index (χ0) is 18.5. The first-order valence-electron chi connectivity index (χ1n) is 8.28. The van der Waals surface area contributed by atoms with Crippen LogP contribution in [0.25, 0.3) is 0 Å². The highest BCUT2D eigenvalue weighted by molar-refractivity contribution is 6.01. The molecule has 0 unspecified atom stereocenters. The number of para-hydroxylation sites is 1. The molecule has 2 aromatic rings. The third kappa shape index (κ3) is 3.91. The minimum Gasteiger partial charge on any atom is -0.497 e. The maximum atomic E-state index is 12.2. The molecule has 2 aromatic carbocycles. The third-order valence-corrected chi connectivity index (χ3v) is 4.28. The van der Waals surface area contributed by atoms with E-state index >= 15 is 0 Å². The van der Waals surface area contributed by atoms with Gasteiger partial charge in [0.1, 0.15) is 5.75 Å². The van der Waals surface area contributed by atoms with Crippen molar-refractivity contribution in [2.45, 2.75) is 6.42 Å². The second-order valence-corrected chi connectivity index (χ2v) is 6.00. The van der Waals surface area contributed by atoms with E-state index in [-0.39, 0.29) is 31.3 Å². The van der Waals surface area contributed by atoms with Gasteiger partial charge in [-0.25, -0.2) is 0 Å². The summed E-state index contributed by atoms with van der Waals surface area (Å²) in [6.45, 7) is -0.0837. The fraction of sp³-hybridized carbons (Fsp3) is 0.250. The van der Waals surface area contributed by atoms with Gasteiger partial charge in [-0.3, -0.25) is 14.4 Å². The fourth-order valence-corrected chi connectivity index (χ4v) is 2.84. The van der Waals surface area contributed by atoms with Crippen molar-refractivity contribution in [3.8, 4) is 5.75 Å². The Morgan fingerprint density at radius 3 is 2.42 bits per heavy atom.